The Hall–Kier alpha value is -1.60. The second-order valence-corrected chi connectivity index (χ2v) is 2.66. The fourth-order valence-corrected chi connectivity index (χ4v) is 0.881. The molecular weight excluding hydrogens is 150 g/mol. The molecule has 0 unspecified atom stereocenters. The van der Waals surface area contributed by atoms with E-state index in [1.807, 2.05) is 49.4 Å². The lowest BCUT2D eigenvalue weighted by Crippen LogP contribution is -2.25. The molecule has 0 saturated carbocycles. The Balaban J connectivity index is 2.92. The van der Waals surface area contributed by atoms with Crippen LogP contribution >= 0.6 is 0 Å². The van der Waals surface area contributed by atoms with Crippen molar-refractivity contribution in [3.05, 3.63) is 29.9 Å². The van der Waals surface area contributed by atoms with Gasteiger partial charge in [0, 0.05) is 31.9 Å². The first-order valence-electron chi connectivity index (χ1n) is 3.65. The van der Waals surface area contributed by atoms with Crippen LogP contribution in [0.1, 0.15) is 0 Å². The minimum Gasteiger partial charge on any atom is -0.758 e. The van der Waals surface area contributed by atoms with E-state index in [-0.39, 0.29) is 0 Å². The standard InChI is InChI=1S/C9H11N3/c1-11(2)9-3-6-12(7-4-9)8-5-10/h3-4,6-8H,1-2H3. The van der Waals surface area contributed by atoms with E-state index >= 15 is 0 Å². The van der Waals surface area contributed by atoms with Crippen molar-refractivity contribution >= 4 is 17.8 Å². The summed E-state index contributed by atoms with van der Waals surface area (Å²) < 4.78 is 1.72. The summed E-state index contributed by atoms with van der Waals surface area (Å²) in [6.45, 7) is 0. The van der Waals surface area contributed by atoms with Gasteiger partial charge in [-0.2, -0.15) is 10.4 Å². The third-order valence-corrected chi connectivity index (χ3v) is 1.56. The molecule has 0 aromatic carbocycles. The summed E-state index contributed by atoms with van der Waals surface area (Å²) in [7, 11) is 3.96. The predicted octanol–water partition coefficient (Wildman–Crippen LogP) is 0.750. The first kappa shape index (κ1) is 8.50. The van der Waals surface area contributed by atoms with Gasteiger partial charge >= 0.3 is 0 Å². The van der Waals surface area contributed by atoms with E-state index in [2.05, 4.69) is 0 Å². The van der Waals surface area contributed by atoms with Gasteiger partial charge in [0.25, 0.3) is 0 Å². The van der Waals surface area contributed by atoms with Crippen molar-refractivity contribution in [3.63, 3.8) is 0 Å². The molecule has 3 nitrogen and oxygen atoms in total. The Bertz CT molecular complexity index is 294. The van der Waals surface area contributed by atoms with Crippen LogP contribution in [0.2, 0.25) is 0 Å². The number of pyridine rings is 1. The average Bonchev–Trinajstić information content (AvgIpc) is 2.06. The van der Waals surface area contributed by atoms with Crippen LogP contribution in [0.15, 0.2) is 24.5 Å². The van der Waals surface area contributed by atoms with Crippen LogP contribution in [0.4, 0.5) is 5.69 Å². The molecule has 0 spiro atoms. The van der Waals surface area contributed by atoms with Crippen LogP contribution in [0.3, 0.4) is 0 Å². The highest BCUT2D eigenvalue weighted by Gasteiger charge is 1.96. The Labute approximate surface area is 72.1 Å². The predicted molar refractivity (Wildman–Crippen MR) is 50.1 cm³/mol. The molecule has 0 N–H and O–H groups in total. The lowest BCUT2D eigenvalue weighted by Gasteiger charge is -2.09. The lowest BCUT2D eigenvalue weighted by molar-refractivity contribution is -0.566. The quantitative estimate of drug-likeness (QED) is 0.465. The van der Waals surface area contributed by atoms with E-state index in [0.717, 1.165) is 5.69 Å². The van der Waals surface area contributed by atoms with Crippen LogP contribution in [-0.4, -0.2) is 20.0 Å². The number of hydrogen-bond donors (Lipinski definition) is 0. The molecule has 62 valence electrons. The normalized spacial score (nSPS) is 8.83. The van der Waals surface area contributed by atoms with E-state index in [1.165, 1.54) is 6.20 Å². The SMILES string of the molecule is CN(C)c1cc[n+](C=C=[N-])cc1. The fraction of sp³-hybridized carbons (Fsp3) is 0.222. The van der Waals surface area contributed by atoms with Gasteiger partial charge in [0.15, 0.2) is 18.6 Å². The van der Waals surface area contributed by atoms with Gasteiger partial charge in [0.1, 0.15) is 0 Å². The number of anilines is 1. The van der Waals surface area contributed by atoms with Crippen molar-refractivity contribution in [2.45, 2.75) is 0 Å². The molecule has 0 aliphatic rings. The zero-order valence-corrected chi connectivity index (χ0v) is 7.23. The zero-order valence-electron chi connectivity index (χ0n) is 7.23. The van der Waals surface area contributed by atoms with E-state index in [1.54, 1.807) is 4.57 Å². The van der Waals surface area contributed by atoms with Crippen LogP contribution in [-0.2, 0) is 0 Å². The molecule has 12 heavy (non-hydrogen) atoms. The maximum absolute atomic E-state index is 8.36. The molecule has 0 fully saturated rings. The van der Waals surface area contributed by atoms with E-state index in [4.69, 9.17) is 5.41 Å². The topological polar surface area (TPSA) is 29.4 Å². The molecular formula is C9H11N3. The van der Waals surface area contributed by atoms with Gasteiger partial charge in [0.05, 0.1) is 0 Å². The molecule has 1 rings (SSSR count). The minimum absolute atomic E-state index is 1.12. The van der Waals surface area contributed by atoms with Gasteiger partial charge in [0.2, 0.25) is 0 Å². The molecule has 1 aromatic rings. The second-order valence-electron chi connectivity index (χ2n) is 2.66. The summed E-state index contributed by atoms with van der Waals surface area (Å²) in [6, 6.07) is 3.90. The maximum Gasteiger partial charge on any atom is 0.194 e. The van der Waals surface area contributed by atoms with Crippen molar-refractivity contribution in [2.75, 3.05) is 19.0 Å². The van der Waals surface area contributed by atoms with Crippen LogP contribution in [0, 0.1) is 0 Å². The van der Waals surface area contributed by atoms with Crippen LogP contribution in [0.5, 0.6) is 0 Å². The third kappa shape index (κ3) is 1.94. The van der Waals surface area contributed by atoms with Crippen molar-refractivity contribution in [1.82, 2.24) is 0 Å². The molecule has 0 bridgehead atoms. The molecule has 3 heteroatoms. The molecule has 0 amide bonds. The summed E-state index contributed by atoms with van der Waals surface area (Å²) in [6.07, 6.45) is 5.14. The second kappa shape index (κ2) is 3.69. The van der Waals surface area contributed by atoms with Crippen LogP contribution in [0.25, 0.3) is 11.6 Å². The fourth-order valence-electron chi connectivity index (χ4n) is 0.881. The molecule has 0 saturated heterocycles. The zero-order chi connectivity index (χ0) is 8.97. The van der Waals surface area contributed by atoms with Crippen LogP contribution < -0.4 is 9.47 Å². The van der Waals surface area contributed by atoms with Crippen molar-refractivity contribution in [2.24, 2.45) is 0 Å². The summed E-state index contributed by atoms with van der Waals surface area (Å²) >= 11 is 0. The van der Waals surface area contributed by atoms with Gasteiger partial charge in [-0.05, 0) is 0 Å². The number of rotatable bonds is 2. The molecule has 0 atom stereocenters. The van der Waals surface area contributed by atoms with Crippen molar-refractivity contribution in [1.29, 1.82) is 0 Å². The molecule has 1 aromatic heterocycles. The Morgan fingerprint density at radius 2 is 2.00 bits per heavy atom. The van der Waals surface area contributed by atoms with Gasteiger partial charge in [-0.1, -0.05) is 0 Å². The molecule has 0 aliphatic heterocycles. The summed E-state index contributed by atoms with van der Waals surface area (Å²) in [4.78, 5) is 2.01. The highest BCUT2D eigenvalue weighted by molar-refractivity contribution is 5.66. The number of nitrogens with zero attached hydrogens (tertiary/aromatic N) is 3. The average molecular weight is 161 g/mol. The first-order chi connectivity index (χ1) is 5.74. The van der Waals surface area contributed by atoms with Crippen molar-refractivity contribution in [3.8, 4) is 0 Å². The van der Waals surface area contributed by atoms with E-state index < -0.39 is 0 Å². The molecule has 0 radical (unpaired) electrons. The molecule has 0 aliphatic carbocycles. The van der Waals surface area contributed by atoms with E-state index in [0.29, 0.717) is 0 Å². The largest absolute Gasteiger partial charge is 0.758 e. The number of hydrogen-bond acceptors (Lipinski definition) is 1. The number of aromatic nitrogens is 1. The van der Waals surface area contributed by atoms with Gasteiger partial charge in [-0.3, -0.25) is 0 Å². The smallest absolute Gasteiger partial charge is 0.194 e. The first-order valence-corrected chi connectivity index (χ1v) is 3.65. The highest BCUT2D eigenvalue weighted by atomic mass is 15.1. The Kier molecular flexibility index (Phi) is 2.62. The lowest BCUT2D eigenvalue weighted by atomic mass is 10.4. The van der Waals surface area contributed by atoms with E-state index in [9.17, 15) is 0 Å². The maximum atomic E-state index is 8.36. The summed E-state index contributed by atoms with van der Waals surface area (Å²) in [5.74, 6) is 1.96. The van der Waals surface area contributed by atoms with Crippen molar-refractivity contribution < 1.29 is 4.57 Å². The van der Waals surface area contributed by atoms with Gasteiger partial charge in [-0.25, -0.2) is 0 Å². The summed E-state index contributed by atoms with van der Waals surface area (Å²) in [5, 5.41) is 8.36. The highest BCUT2D eigenvalue weighted by Crippen LogP contribution is 2.05. The third-order valence-electron chi connectivity index (χ3n) is 1.56. The summed E-state index contributed by atoms with van der Waals surface area (Å²) in [5.41, 5.74) is 1.12. The van der Waals surface area contributed by atoms with Gasteiger partial charge in [-0.15, -0.1) is 0 Å². The monoisotopic (exact) mass is 161 g/mol. The Morgan fingerprint density at radius 3 is 2.42 bits per heavy atom. The Morgan fingerprint density at radius 1 is 1.42 bits per heavy atom. The van der Waals surface area contributed by atoms with Gasteiger partial charge < -0.3 is 10.3 Å². The minimum atomic E-state index is 1.12. The molecule has 1 heterocycles.